The number of aryl methyl sites for hydroxylation is 1. The maximum Gasteiger partial charge on any atom is 0.325 e. The lowest BCUT2D eigenvalue weighted by molar-refractivity contribution is 0.721. The zero-order chi connectivity index (χ0) is 12.0. The minimum Gasteiger partial charge on any atom is -0.311 e. The Morgan fingerprint density at radius 3 is 2.19 bits per heavy atom. The fourth-order valence-corrected chi connectivity index (χ4v) is 1.74. The van der Waals surface area contributed by atoms with Gasteiger partial charge in [-0.05, 0) is 25.7 Å². The van der Waals surface area contributed by atoms with Gasteiger partial charge in [0.1, 0.15) is 0 Å². The smallest absolute Gasteiger partial charge is 0.311 e. The van der Waals surface area contributed by atoms with Gasteiger partial charge in [-0.3, -0.25) is 9.78 Å². The predicted molar refractivity (Wildman–Crippen MR) is 64.9 cm³/mol. The van der Waals surface area contributed by atoms with Crippen LogP contribution < -0.4 is 11.2 Å². The zero-order valence-electron chi connectivity index (χ0n) is 10.1. The molecular formula is C12H20N2O2. The third-order valence-electron chi connectivity index (χ3n) is 2.69. The van der Waals surface area contributed by atoms with E-state index in [9.17, 15) is 9.59 Å². The second-order valence-corrected chi connectivity index (χ2v) is 4.07. The molecule has 0 radical (unpaired) electrons. The SMILES string of the molecule is CCCCc1[nH]c(=O)[nH]c(=O)c1CCCC. The van der Waals surface area contributed by atoms with Gasteiger partial charge in [0.25, 0.3) is 5.56 Å². The van der Waals surface area contributed by atoms with Crippen molar-refractivity contribution < 1.29 is 0 Å². The first-order valence-electron chi connectivity index (χ1n) is 6.03. The third-order valence-corrected chi connectivity index (χ3v) is 2.69. The topological polar surface area (TPSA) is 65.7 Å². The van der Waals surface area contributed by atoms with Crippen LogP contribution in [0.15, 0.2) is 9.59 Å². The molecule has 4 heteroatoms. The Morgan fingerprint density at radius 1 is 0.938 bits per heavy atom. The molecule has 4 nitrogen and oxygen atoms in total. The second kappa shape index (κ2) is 6.30. The van der Waals surface area contributed by atoms with E-state index in [1.165, 1.54) is 0 Å². The summed E-state index contributed by atoms with van der Waals surface area (Å²) in [6, 6.07) is 0. The average molecular weight is 224 g/mol. The lowest BCUT2D eigenvalue weighted by Gasteiger charge is -2.06. The van der Waals surface area contributed by atoms with E-state index in [0.29, 0.717) is 0 Å². The van der Waals surface area contributed by atoms with Crippen LogP contribution in [-0.4, -0.2) is 9.97 Å². The molecule has 2 N–H and O–H groups in total. The molecule has 90 valence electrons. The molecule has 0 spiro atoms. The summed E-state index contributed by atoms with van der Waals surface area (Å²) in [6.07, 6.45) is 5.62. The van der Waals surface area contributed by atoms with Crippen molar-refractivity contribution in [3.8, 4) is 0 Å². The standard InChI is InChI=1S/C12H20N2O2/c1-3-5-7-9-10(8-6-4-2)13-12(16)14-11(9)15/h3-8H2,1-2H3,(H2,13,14,15,16). The van der Waals surface area contributed by atoms with Crippen LogP contribution in [0.1, 0.15) is 50.8 Å². The van der Waals surface area contributed by atoms with Crippen LogP contribution in [0.4, 0.5) is 0 Å². The Labute approximate surface area is 95.1 Å². The molecule has 1 aromatic heterocycles. The number of aromatic amines is 2. The van der Waals surface area contributed by atoms with Gasteiger partial charge < -0.3 is 4.98 Å². The van der Waals surface area contributed by atoms with Crippen LogP contribution in [0.25, 0.3) is 0 Å². The Bertz CT molecular complexity index is 431. The molecule has 0 aliphatic heterocycles. The highest BCUT2D eigenvalue weighted by atomic mass is 16.2. The first-order chi connectivity index (χ1) is 7.69. The van der Waals surface area contributed by atoms with E-state index in [-0.39, 0.29) is 5.56 Å². The lowest BCUT2D eigenvalue weighted by Crippen LogP contribution is -2.28. The summed E-state index contributed by atoms with van der Waals surface area (Å²) < 4.78 is 0. The van der Waals surface area contributed by atoms with Gasteiger partial charge in [-0.15, -0.1) is 0 Å². The fraction of sp³-hybridized carbons (Fsp3) is 0.667. The first-order valence-corrected chi connectivity index (χ1v) is 6.03. The van der Waals surface area contributed by atoms with Gasteiger partial charge in [-0.2, -0.15) is 0 Å². The minimum atomic E-state index is -0.392. The van der Waals surface area contributed by atoms with Crippen LogP contribution in [0, 0.1) is 0 Å². The van der Waals surface area contributed by atoms with Crippen molar-refractivity contribution in [2.24, 2.45) is 0 Å². The minimum absolute atomic E-state index is 0.219. The number of unbranched alkanes of at least 4 members (excludes halogenated alkanes) is 2. The van der Waals surface area contributed by atoms with E-state index < -0.39 is 5.69 Å². The van der Waals surface area contributed by atoms with Crippen LogP contribution >= 0.6 is 0 Å². The Balaban J connectivity index is 3.00. The maximum atomic E-state index is 11.7. The molecule has 0 aliphatic carbocycles. The lowest BCUT2D eigenvalue weighted by atomic mass is 10.0. The maximum absolute atomic E-state index is 11.7. The zero-order valence-corrected chi connectivity index (χ0v) is 10.1. The predicted octanol–water partition coefficient (Wildman–Crippen LogP) is 1.75. The molecule has 0 atom stereocenters. The number of aromatic nitrogens is 2. The van der Waals surface area contributed by atoms with E-state index in [0.717, 1.165) is 49.8 Å². The Hall–Kier alpha value is -1.32. The quantitative estimate of drug-likeness (QED) is 0.773. The Kier molecular flexibility index (Phi) is 5.02. The summed E-state index contributed by atoms with van der Waals surface area (Å²) in [5.74, 6) is 0. The summed E-state index contributed by atoms with van der Waals surface area (Å²) in [5, 5.41) is 0. The molecule has 1 aromatic rings. The molecule has 0 aliphatic rings. The van der Waals surface area contributed by atoms with Gasteiger partial charge in [0.15, 0.2) is 0 Å². The summed E-state index contributed by atoms with van der Waals surface area (Å²) in [5.41, 5.74) is 0.971. The van der Waals surface area contributed by atoms with Crippen molar-refractivity contribution in [3.63, 3.8) is 0 Å². The molecule has 1 rings (SSSR count). The third kappa shape index (κ3) is 3.36. The summed E-state index contributed by atoms with van der Waals surface area (Å²) in [4.78, 5) is 27.9. The monoisotopic (exact) mass is 224 g/mol. The van der Waals surface area contributed by atoms with Crippen molar-refractivity contribution in [2.45, 2.75) is 52.4 Å². The number of hydrogen-bond acceptors (Lipinski definition) is 2. The highest BCUT2D eigenvalue weighted by molar-refractivity contribution is 5.16. The molecular weight excluding hydrogens is 204 g/mol. The molecule has 16 heavy (non-hydrogen) atoms. The van der Waals surface area contributed by atoms with Crippen LogP contribution in [-0.2, 0) is 12.8 Å². The summed E-state index contributed by atoms with van der Waals surface area (Å²) in [7, 11) is 0. The van der Waals surface area contributed by atoms with E-state index in [4.69, 9.17) is 0 Å². The Morgan fingerprint density at radius 2 is 1.56 bits per heavy atom. The van der Waals surface area contributed by atoms with E-state index in [1.54, 1.807) is 0 Å². The number of rotatable bonds is 6. The first kappa shape index (κ1) is 12.7. The fourth-order valence-electron chi connectivity index (χ4n) is 1.74. The van der Waals surface area contributed by atoms with Gasteiger partial charge >= 0.3 is 5.69 Å². The average Bonchev–Trinajstić information content (AvgIpc) is 2.24. The molecule has 0 aromatic carbocycles. The van der Waals surface area contributed by atoms with Crippen molar-refractivity contribution in [3.05, 3.63) is 32.1 Å². The summed E-state index contributed by atoms with van der Waals surface area (Å²) >= 11 is 0. The molecule has 0 unspecified atom stereocenters. The van der Waals surface area contributed by atoms with Crippen LogP contribution in [0.3, 0.4) is 0 Å². The van der Waals surface area contributed by atoms with E-state index >= 15 is 0 Å². The normalized spacial score (nSPS) is 10.6. The van der Waals surface area contributed by atoms with Gasteiger partial charge in [0.05, 0.1) is 0 Å². The van der Waals surface area contributed by atoms with Gasteiger partial charge in [-0.1, -0.05) is 26.7 Å². The van der Waals surface area contributed by atoms with Gasteiger partial charge in [-0.25, -0.2) is 4.79 Å². The van der Waals surface area contributed by atoms with Crippen molar-refractivity contribution in [1.82, 2.24) is 9.97 Å². The molecule has 1 heterocycles. The second-order valence-electron chi connectivity index (χ2n) is 4.07. The van der Waals surface area contributed by atoms with Crippen LogP contribution in [0.2, 0.25) is 0 Å². The number of nitrogens with one attached hydrogen (secondary N) is 2. The van der Waals surface area contributed by atoms with E-state index in [2.05, 4.69) is 23.8 Å². The number of H-pyrrole nitrogens is 2. The van der Waals surface area contributed by atoms with Crippen molar-refractivity contribution in [1.29, 1.82) is 0 Å². The van der Waals surface area contributed by atoms with Gasteiger partial charge in [0.2, 0.25) is 0 Å². The van der Waals surface area contributed by atoms with Gasteiger partial charge in [0, 0.05) is 11.3 Å². The molecule has 0 saturated heterocycles. The number of hydrogen-bond donors (Lipinski definition) is 2. The molecule has 0 saturated carbocycles. The molecule has 0 amide bonds. The molecule has 0 fully saturated rings. The van der Waals surface area contributed by atoms with Crippen LogP contribution in [0.5, 0.6) is 0 Å². The highest BCUT2D eigenvalue weighted by Gasteiger charge is 2.08. The van der Waals surface area contributed by atoms with Crippen molar-refractivity contribution in [2.75, 3.05) is 0 Å². The van der Waals surface area contributed by atoms with Crippen molar-refractivity contribution >= 4 is 0 Å². The largest absolute Gasteiger partial charge is 0.325 e. The molecule has 0 bridgehead atoms. The summed E-state index contributed by atoms with van der Waals surface area (Å²) in [6.45, 7) is 4.18. The van der Waals surface area contributed by atoms with E-state index in [1.807, 2.05) is 0 Å². The highest BCUT2D eigenvalue weighted by Crippen LogP contribution is 2.07.